The second-order valence-corrected chi connectivity index (χ2v) is 6.97. The first-order valence-electron chi connectivity index (χ1n) is 9.91. The molecule has 1 aliphatic rings. The Hall–Kier alpha value is -3.06. The highest BCUT2D eigenvalue weighted by molar-refractivity contribution is 6.39. The van der Waals surface area contributed by atoms with Gasteiger partial charge in [-0.1, -0.05) is 24.3 Å². The Balaban J connectivity index is 1.41. The number of amides is 2. The van der Waals surface area contributed by atoms with Crippen molar-refractivity contribution in [2.24, 2.45) is 0 Å². The fourth-order valence-electron chi connectivity index (χ4n) is 3.20. The van der Waals surface area contributed by atoms with Crippen molar-refractivity contribution in [3.8, 4) is 0 Å². The summed E-state index contributed by atoms with van der Waals surface area (Å²) in [6.45, 7) is 4.24. The van der Waals surface area contributed by atoms with Crippen molar-refractivity contribution in [1.29, 1.82) is 0 Å². The molecule has 0 saturated carbocycles. The summed E-state index contributed by atoms with van der Waals surface area (Å²) < 4.78 is 5.37. The Morgan fingerprint density at radius 3 is 2.55 bits per heavy atom. The average molecular weight is 396 g/mol. The zero-order valence-electron chi connectivity index (χ0n) is 16.8. The van der Waals surface area contributed by atoms with Gasteiger partial charge < -0.3 is 25.2 Å². The van der Waals surface area contributed by atoms with Gasteiger partial charge in [0.25, 0.3) is 0 Å². The zero-order valence-corrected chi connectivity index (χ0v) is 16.8. The molecule has 1 heterocycles. The SMILES string of the molecule is CN(CCCNC(=O)C(=O)Nc1cccc(N2CCOCC2)c1)c1ccccc1. The molecule has 154 valence electrons. The van der Waals surface area contributed by atoms with Gasteiger partial charge in [-0.05, 0) is 36.8 Å². The number of morpholine rings is 1. The number of benzene rings is 2. The van der Waals surface area contributed by atoms with Crippen molar-refractivity contribution in [3.63, 3.8) is 0 Å². The largest absolute Gasteiger partial charge is 0.378 e. The number of carbonyl (C=O) groups is 2. The van der Waals surface area contributed by atoms with Crippen molar-refractivity contribution in [2.45, 2.75) is 6.42 Å². The third-order valence-electron chi connectivity index (χ3n) is 4.84. The lowest BCUT2D eigenvalue weighted by Gasteiger charge is -2.29. The van der Waals surface area contributed by atoms with Crippen LogP contribution in [0.5, 0.6) is 0 Å². The first-order chi connectivity index (χ1) is 14.1. The van der Waals surface area contributed by atoms with Crippen LogP contribution in [0.15, 0.2) is 54.6 Å². The molecular weight excluding hydrogens is 368 g/mol. The molecular formula is C22H28N4O3. The van der Waals surface area contributed by atoms with Crippen molar-refractivity contribution in [2.75, 3.05) is 61.6 Å². The molecule has 2 aromatic carbocycles. The van der Waals surface area contributed by atoms with Crippen LogP contribution >= 0.6 is 0 Å². The van der Waals surface area contributed by atoms with Crippen molar-refractivity contribution < 1.29 is 14.3 Å². The van der Waals surface area contributed by atoms with E-state index in [2.05, 4.69) is 20.4 Å². The molecule has 29 heavy (non-hydrogen) atoms. The molecule has 2 N–H and O–H groups in total. The van der Waals surface area contributed by atoms with Gasteiger partial charge in [0.1, 0.15) is 0 Å². The molecule has 0 bridgehead atoms. The van der Waals surface area contributed by atoms with E-state index in [0.717, 1.165) is 37.4 Å². The minimum atomic E-state index is -0.652. The van der Waals surface area contributed by atoms with Gasteiger partial charge in [0.15, 0.2) is 0 Å². The van der Waals surface area contributed by atoms with Crippen LogP contribution < -0.4 is 20.4 Å². The quantitative estimate of drug-likeness (QED) is 0.554. The molecule has 0 aromatic heterocycles. The highest BCUT2D eigenvalue weighted by atomic mass is 16.5. The van der Waals surface area contributed by atoms with Crippen molar-refractivity contribution in [1.82, 2.24) is 5.32 Å². The molecule has 1 saturated heterocycles. The third kappa shape index (κ3) is 6.22. The highest BCUT2D eigenvalue weighted by Gasteiger charge is 2.15. The maximum Gasteiger partial charge on any atom is 0.313 e. The summed E-state index contributed by atoms with van der Waals surface area (Å²) in [5.74, 6) is -1.27. The van der Waals surface area contributed by atoms with E-state index in [-0.39, 0.29) is 0 Å². The Morgan fingerprint density at radius 1 is 1.03 bits per heavy atom. The maximum absolute atomic E-state index is 12.2. The Bertz CT molecular complexity index is 807. The molecule has 0 aliphatic carbocycles. The summed E-state index contributed by atoms with van der Waals surface area (Å²) in [7, 11) is 2.01. The summed E-state index contributed by atoms with van der Waals surface area (Å²) >= 11 is 0. The van der Waals surface area contributed by atoms with E-state index in [1.54, 1.807) is 6.07 Å². The van der Waals surface area contributed by atoms with Gasteiger partial charge in [0.2, 0.25) is 0 Å². The topological polar surface area (TPSA) is 73.9 Å². The second-order valence-electron chi connectivity index (χ2n) is 6.97. The highest BCUT2D eigenvalue weighted by Crippen LogP contribution is 2.20. The minimum Gasteiger partial charge on any atom is -0.378 e. The Kier molecular flexibility index (Phi) is 7.47. The van der Waals surface area contributed by atoms with Crippen LogP contribution in [-0.2, 0) is 14.3 Å². The van der Waals surface area contributed by atoms with Gasteiger partial charge in [-0.25, -0.2) is 0 Å². The molecule has 1 aliphatic heterocycles. The van der Waals surface area contributed by atoms with Crippen LogP contribution in [0.1, 0.15) is 6.42 Å². The van der Waals surface area contributed by atoms with Crippen molar-refractivity contribution >= 4 is 28.9 Å². The van der Waals surface area contributed by atoms with E-state index in [9.17, 15) is 9.59 Å². The summed E-state index contributed by atoms with van der Waals surface area (Å²) in [6.07, 6.45) is 0.747. The third-order valence-corrected chi connectivity index (χ3v) is 4.84. The summed E-state index contributed by atoms with van der Waals surface area (Å²) in [5.41, 5.74) is 2.74. The minimum absolute atomic E-state index is 0.442. The van der Waals surface area contributed by atoms with E-state index in [1.807, 2.05) is 55.6 Å². The molecule has 1 fully saturated rings. The second kappa shape index (κ2) is 10.5. The van der Waals surface area contributed by atoms with E-state index in [4.69, 9.17) is 4.74 Å². The van der Waals surface area contributed by atoms with Gasteiger partial charge in [-0.2, -0.15) is 0 Å². The van der Waals surface area contributed by atoms with E-state index in [1.165, 1.54) is 0 Å². The molecule has 2 amide bonds. The maximum atomic E-state index is 12.2. The lowest BCUT2D eigenvalue weighted by molar-refractivity contribution is -0.136. The van der Waals surface area contributed by atoms with Crippen LogP contribution in [0.25, 0.3) is 0 Å². The molecule has 0 spiro atoms. The van der Waals surface area contributed by atoms with Gasteiger partial charge in [-0.3, -0.25) is 9.59 Å². The van der Waals surface area contributed by atoms with Crippen LogP contribution in [0.4, 0.5) is 17.1 Å². The average Bonchev–Trinajstić information content (AvgIpc) is 2.77. The summed E-state index contributed by atoms with van der Waals surface area (Å²) in [4.78, 5) is 28.6. The summed E-state index contributed by atoms with van der Waals surface area (Å²) in [6, 6.07) is 17.6. The lowest BCUT2D eigenvalue weighted by atomic mass is 10.2. The normalized spacial score (nSPS) is 13.6. The van der Waals surface area contributed by atoms with Crippen molar-refractivity contribution in [3.05, 3.63) is 54.6 Å². The Morgan fingerprint density at radius 2 is 1.79 bits per heavy atom. The molecule has 0 radical (unpaired) electrons. The number of rotatable bonds is 7. The smallest absolute Gasteiger partial charge is 0.313 e. The van der Waals surface area contributed by atoms with Crippen LogP contribution in [0, 0.1) is 0 Å². The van der Waals surface area contributed by atoms with Crippen LogP contribution in [-0.4, -0.2) is 58.3 Å². The number of para-hydroxylation sites is 1. The molecule has 7 heteroatoms. The van der Waals surface area contributed by atoms with Gasteiger partial charge in [0.05, 0.1) is 13.2 Å². The van der Waals surface area contributed by atoms with Gasteiger partial charge in [0, 0.05) is 50.3 Å². The number of hydrogen-bond acceptors (Lipinski definition) is 5. The molecule has 0 atom stereocenters. The van der Waals surface area contributed by atoms with Crippen LogP contribution in [0.3, 0.4) is 0 Å². The fraction of sp³-hybridized carbons (Fsp3) is 0.364. The standard InChI is InChI=1S/C22H28N4O3/c1-25(19-8-3-2-4-9-19)12-6-11-23-21(27)22(28)24-18-7-5-10-20(17-18)26-13-15-29-16-14-26/h2-5,7-10,17H,6,11-16H2,1H3,(H,23,27)(H,24,28). The monoisotopic (exact) mass is 396 g/mol. The zero-order chi connectivity index (χ0) is 20.5. The van der Waals surface area contributed by atoms with E-state index in [0.29, 0.717) is 25.4 Å². The van der Waals surface area contributed by atoms with Gasteiger partial charge >= 0.3 is 11.8 Å². The number of anilines is 3. The van der Waals surface area contributed by atoms with E-state index >= 15 is 0 Å². The molecule has 3 rings (SSSR count). The number of nitrogens with zero attached hydrogens (tertiary/aromatic N) is 2. The fourth-order valence-corrected chi connectivity index (χ4v) is 3.20. The Labute approximate surface area is 171 Å². The number of nitrogens with one attached hydrogen (secondary N) is 2. The number of carbonyl (C=O) groups excluding carboxylic acids is 2. The number of ether oxygens (including phenoxy) is 1. The molecule has 7 nitrogen and oxygen atoms in total. The number of hydrogen-bond donors (Lipinski definition) is 2. The summed E-state index contributed by atoms with van der Waals surface area (Å²) in [5, 5.41) is 5.36. The predicted molar refractivity (Wildman–Crippen MR) is 115 cm³/mol. The lowest BCUT2D eigenvalue weighted by Crippen LogP contribution is -2.37. The molecule has 2 aromatic rings. The van der Waals surface area contributed by atoms with E-state index < -0.39 is 11.8 Å². The van der Waals surface area contributed by atoms with Gasteiger partial charge in [-0.15, -0.1) is 0 Å². The van der Waals surface area contributed by atoms with Crippen LogP contribution in [0.2, 0.25) is 0 Å². The predicted octanol–water partition coefficient (Wildman–Crippen LogP) is 2.10. The first-order valence-corrected chi connectivity index (χ1v) is 9.91. The first kappa shape index (κ1) is 20.7. The molecule has 0 unspecified atom stereocenters.